The molecule has 0 radical (unpaired) electrons. The van der Waals surface area contributed by atoms with Gasteiger partial charge in [-0.15, -0.1) is 0 Å². The number of carbonyl (C=O) groups is 1. The molecule has 1 aliphatic rings. The number of hydrogen-bond acceptors (Lipinski definition) is 3. The molecule has 0 aliphatic carbocycles. The summed E-state index contributed by atoms with van der Waals surface area (Å²) in [5.74, 6) is 0.447. The molecule has 4 heteroatoms. The lowest BCUT2D eigenvalue weighted by Crippen LogP contribution is -2.39. The van der Waals surface area contributed by atoms with Gasteiger partial charge in [0.25, 0.3) is 5.91 Å². The van der Waals surface area contributed by atoms with Crippen LogP contribution in [0, 0.1) is 20.8 Å². The number of nitrogens with zero attached hydrogens (tertiary/aromatic N) is 2. The molecule has 3 aromatic rings. The number of aryl methyl sites for hydroxylation is 3. The van der Waals surface area contributed by atoms with E-state index in [9.17, 15) is 4.79 Å². The van der Waals surface area contributed by atoms with Crippen LogP contribution in [0.25, 0.3) is 11.0 Å². The highest BCUT2D eigenvalue weighted by Gasteiger charge is 2.32. The summed E-state index contributed by atoms with van der Waals surface area (Å²) in [4.78, 5) is 19.8. The molecule has 134 valence electrons. The van der Waals surface area contributed by atoms with Crippen molar-refractivity contribution in [3.8, 4) is 0 Å². The number of carbonyl (C=O) groups excluding carboxylic acids is 1. The average Bonchev–Trinajstić information content (AvgIpc) is 3.02. The van der Waals surface area contributed by atoms with E-state index < -0.39 is 0 Å². The van der Waals surface area contributed by atoms with Crippen LogP contribution in [0.5, 0.6) is 0 Å². The van der Waals surface area contributed by atoms with Gasteiger partial charge in [0.15, 0.2) is 5.76 Å². The predicted molar refractivity (Wildman–Crippen MR) is 102 cm³/mol. The maximum absolute atomic E-state index is 13.4. The molecule has 2 aromatic heterocycles. The smallest absolute Gasteiger partial charge is 0.290 e. The van der Waals surface area contributed by atoms with Crippen LogP contribution in [0.1, 0.15) is 58.2 Å². The second-order valence-electron chi connectivity index (χ2n) is 7.21. The highest BCUT2D eigenvalue weighted by Crippen LogP contribution is 2.34. The van der Waals surface area contributed by atoms with Crippen LogP contribution in [-0.2, 0) is 0 Å². The summed E-state index contributed by atoms with van der Waals surface area (Å²) in [5.41, 5.74) is 5.00. The number of aromatic nitrogens is 1. The maximum atomic E-state index is 13.4. The molecular formula is C22H24N2O2. The summed E-state index contributed by atoms with van der Waals surface area (Å²) in [6, 6.07) is 10.1. The quantitative estimate of drug-likeness (QED) is 0.646. The van der Waals surface area contributed by atoms with Crippen LogP contribution in [0.3, 0.4) is 0 Å². The Hall–Kier alpha value is -2.62. The lowest BCUT2D eigenvalue weighted by atomic mass is 9.98. The van der Waals surface area contributed by atoms with Gasteiger partial charge >= 0.3 is 0 Å². The zero-order valence-corrected chi connectivity index (χ0v) is 15.6. The van der Waals surface area contributed by atoms with E-state index in [1.165, 1.54) is 5.56 Å². The summed E-state index contributed by atoms with van der Waals surface area (Å²) in [6.45, 7) is 6.84. The van der Waals surface area contributed by atoms with Crippen LogP contribution in [-0.4, -0.2) is 22.3 Å². The summed E-state index contributed by atoms with van der Waals surface area (Å²) in [5, 5.41) is 1.03. The fourth-order valence-electron chi connectivity index (χ4n) is 3.91. The number of pyridine rings is 1. The number of fused-ring (bicyclic) bond motifs is 1. The topological polar surface area (TPSA) is 46.3 Å². The predicted octanol–water partition coefficient (Wildman–Crippen LogP) is 5.12. The van der Waals surface area contributed by atoms with Crippen molar-refractivity contribution in [2.75, 3.05) is 6.54 Å². The van der Waals surface area contributed by atoms with Gasteiger partial charge in [-0.3, -0.25) is 9.78 Å². The minimum atomic E-state index is -0.0221. The second-order valence-corrected chi connectivity index (χ2v) is 7.21. The van der Waals surface area contributed by atoms with E-state index in [0.29, 0.717) is 5.76 Å². The molecule has 26 heavy (non-hydrogen) atoms. The Morgan fingerprint density at radius 3 is 2.73 bits per heavy atom. The molecule has 1 unspecified atom stereocenters. The SMILES string of the molecule is Cc1ccc2c(C)c(C(=O)N3CCCCC3c3ccccn3)oc2c1C. The zero-order chi connectivity index (χ0) is 18.3. The van der Waals surface area contributed by atoms with Crippen molar-refractivity contribution >= 4 is 16.9 Å². The van der Waals surface area contributed by atoms with E-state index in [-0.39, 0.29) is 11.9 Å². The first-order chi connectivity index (χ1) is 12.6. The normalized spacial score (nSPS) is 17.7. The molecule has 1 aliphatic heterocycles. The van der Waals surface area contributed by atoms with Gasteiger partial charge in [-0.05, 0) is 63.3 Å². The Morgan fingerprint density at radius 2 is 1.96 bits per heavy atom. The molecule has 3 heterocycles. The number of amides is 1. The van der Waals surface area contributed by atoms with Gasteiger partial charge in [-0.2, -0.15) is 0 Å². The van der Waals surface area contributed by atoms with Crippen LogP contribution >= 0.6 is 0 Å². The Morgan fingerprint density at radius 1 is 1.12 bits per heavy atom. The Kier molecular flexibility index (Phi) is 4.27. The first-order valence-electron chi connectivity index (χ1n) is 9.29. The molecule has 4 nitrogen and oxygen atoms in total. The van der Waals surface area contributed by atoms with Gasteiger partial charge in [0.2, 0.25) is 0 Å². The molecule has 1 aromatic carbocycles. The minimum Gasteiger partial charge on any atom is -0.450 e. The van der Waals surface area contributed by atoms with E-state index in [1.54, 1.807) is 6.20 Å². The Bertz CT molecular complexity index is 959. The van der Waals surface area contributed by atoms with Gasteiger partial charge in [0.05, 0.1) is 11.7 Å². The molecule has 1 saturated heterocycles. The van der Waals surface area contributed by atoms with Crippen molar-refractivity contribution in [2.24, 2.45) is 0 Å². The highest BCUT2D eigenvalue weighted by molar-refractivity contribution is 6.00. The fraction of sp³-hybridized carbons (Fsp3) is 0.364. The molecule has 1 amide bonds. The molecule has 1 fully saturated rings. The minimum absolute atomic E-state index is 0.0212. The van der Waals surface area contributed by atoms with Crippen LogP contribution < -0.4 is 0 Å². The van der Waals surface area contributed by atoms with Crippen LogP contribution in [0.2, 0.25) is 0 Å². The van der Waals surface area contributed by atoms with Crippen molar-refractivity contribution in [2.45, 2.75) is 46.1 Å². The number of hydrogen-bond donors (Lipinski definition) is 0. The summed E-state index contributed by atoms with van der Waals surface area (Å²) >= 11 is 0. The van der Waals surface area contributed by atoms with Crippen molar-refractivity contribution < 1.29 is 9.21 Å². The number of piperidine rings is 1. The van der Waals surface area contributed by atoms with Gasteiger partial charge in [0, 0.05) is 23.7 Å². The van der Waals surface area contributed by atoms with Gasteiger partial charge < -0.3 is 9.32 Å². The standard InChI is InChI=1S/C22H24N2O2/c1-14-10-11-17-16(3)21(26-20(17)15(14)2)22(25)24-13-7-5-9-19(24)18-8-4-6-12-23-18/h4,6,8,10-12,19H,5,7,9,13H2,1-3H3. The van der Waals surface area contributed by atoms with Crippen molar-refractivity contribution in [3.63, 3.8) is 0 Å². The monoisotopic (exact) mass is 348 g/mol. The van der Waals surface area contributed by atoms with Crippen molar-refractivity contribution in [3.05, 3.63) is 64.7 Å². The summed E-state index contributed by atoms with van der Waals surface area (Å²) in [6.07, 6.45) is 4.88. The highest BCUT2D eigenvalue weighted by atomic mass is 16.3. The molecule has 4 rings (SSSR count). The summed E-state index contributed by atoms with van der Waals surface area (Å²) < 4.78 is 6.10. The third kappa shape index (κ3) is 2.70. The molecule has 0 N–H and O–H groups in total. The second kappa shape index (κ2) is 6.60. The van der Waals surface area contributed by atoms with Crippen LogP contribution in [0.15, 0.2) is 40.9 Å². The third-order valence-corrected chi connectivity index (χ3v) is 5.61. The molecule has 0 bridgehead atoms. The number of furan rings is 1. The van der Waals surface area contributed by atoms with E-state index in [1.807, 2.05) is 36.9 Å². The van der Waals surface area contributed by atoms with E-state index >= 15 is 0 Å². The van der Waals surface area contributed by atoms with E-state index in [2.05, 4.69) is 24.0 Å². The Labute approximate surface area is 153 Å². The number of benzene rings is 1. The lowest BCUT2D eigenvalue weighted by Gasteiger charge is -2.35. The van der Waals surface area contributed by atoms with Crippen LogP contribution in [0.4, 0.5) is 0 Å². The largest absolute Gasteiger partial charge is 0.450 e. The Balaban J connectivity index is 1.75. The summed E-state index contributed by atoms with van der Waals surface area (Å²) in [7, 11) is 0. The van der Waals surface area contributed by atoms with Crippen molar-refractivity contribution in [1.82, 2.24) is 9.88 Å². The van der Waals surface area contributed by atoms with E-state index in [4.69, 9.17) is 4.42 Å². The molecular weight excluding hydrogens is 324 g/mol. The third-order valence-electron chi connectivity index (χ3n) is 5.61. The van der Waals surface area contributed by atoms with E-state index in [0.717, 1.165) is 53.6 Å². The van der Waals surface area contributed by atoms with Gasteiger partial charge in [-0.1, -0.05) is 18.2 Å². The average molecular weight is 348 g/mol. The van der Waals surface area contributed by atoms with Gasteiger partial charge in [0.1, 0.15) is 5.58 Å². The van der Waals surface area contributed by atoms with Gasteiger partial charge in [-0.25, -0.2) is 0 Å². The zero-order valence-electron chi connectivity index (χ0n) is 15.6. The molecule has 0 spiro atoms. The molecule has 1 atom stereocenters. The number of rotatable bonds is 2. The first kappa shape index (κ1) is 16.8. The maximum Gasteiger partial charge on any atom is 0.290 e. The lowest BCUT2D eigenvalue weighted by molar-refractivity contribution is 0.0575. The first-order valence-corrected chi connectivity index (χ1v) is 9.29. The molecule has 0 saturated carbocycles. The number of likely N-dealkylation sites (tertiary alicyclic amines) is 1. The fourth-order valence-corrected chi connectivity index (χ4v) is 3.91. The van der Waals surface area contributed by atoms with Crippen molar-refractivity contribution in [1.29, 1.82) is 0 Å².